The largest absolute Gasteiger partial charge is 0.465 e. The second-order valence-corrected chi connectivity index (χ2v) is 7.06. The molecule has 3 nitrogen and oxygen atoms in total. The fraction of sp³-hybridized carbons (Fsp3) is 0.273. The topological polar surface area (TPSA) is 43.4 Å². The Kier molecular flexibility index (Phi) is 5.76. The molecule has 2 aromatic rings. The third-order valence-electron chi connectivity index (χ3n) is 4.80. The summed E-state index contributed by atoms with van der Waals surface area (Å²) in [7, 11) is 0. The molecule has 0 saturated carbocycles. The van der Waals surface area contributed by atoms with Gasteiger partial charge in [-0.3, -0.25) is 9.59 Å². The molecule has 0 aliphatic heterocycles. The van der Waals surface area contributed by atoms with Crippen LogP contribution in [0.1, 0.15) is 36.0 Å². The smallest absolute Gasteiger partial charge is 0.317 e. The van der Waals surface area contributed by atoms with E-state index in [0.717, 1.165) is 16.7 Å². The van der Waals surface area contributed by atoms with Crippen molar-refractivity contribution in [3.63, 3.8) is 0 Å². The minimum absolute atomic E-state index is 0.00266. The van der Waals surface area contributed by atoms with Crippen LogP contribution in [0.5, 0.6) is 0 Å². The Morgan fingerprint density at radius 2 is 1.93 bits per heavy atom. The first-order chi connectivity index (χ1) is 12.9. The maximum absolute atomic E-state index is 14.0. The molecule has 0 saturated heterocycles. The van der Waals surface area contributed by atoms with Crippen LogP contribution in [-0.4, -0.2) is 18.4 Å². The van der Waals surface area contributed by atoms with Crippen LogP contribution in [0.3, 0.4) is 0 Å². The van der Waals surface area contributed by atoms with Crippen LogP contribution < -0.4 is 0 Å². The van der Waals surface area contributed by atoms with Crippen molar-refractivity contribution in [2.75, 3.05) is 6.61 Å². The molecule has 0 unspecified atom stereocenters. The molecule has 0 radical (unpaired) electrons. The molecule has 1 aliphatic carbocycles. The van der Waals surface area contributed by atoms with Gasteiger partial charge in [0.2, 0.25) is 0 Å². The molecule has 5 heteroatoms. The van der Waals surface area contributed by atoms with E-state index in [0.29, 0.717) is 12.0 Å². The number of benzene rings is 2. The number of ketones is 1. The van der Waals surface area contributed by atoms with E-state index in [2.05, 4.69) is 0 Å². The highest BCUT2D eigenvalue weighted by Gasteiger charge is 2.40. The summed E-state index contributed by atoms with van der Waals surface area (Å²) < 4.78 is 19.1. The minimum Gasteiger partial charge on any atom is -0.465 e. The zero-order valence-electron chi connectivity index (χ0n) is 15.2. The first-order valence-corrected chi connectivity index (χ1v) is 9.21. The summed E-state index contributed by atoms with van der Waals surface area (Å²) in [6.45, 7) is 3.86. The average molecular weight is 387 g/mol. The van der Waals surface area contributed by atoms with Gasteiger partial charge in [-0.1, -0.05) is 47.5 Å². The predicted octanol–water partition coefficient (Wildman–Crippen LogP) is 5.11. The molecule has 2 aromatic carbocycles. The summed E-state index contributed by atoms with van der Waals surface area (Å²) in [6, 6.07) is 12.2. The van der Waals surface area contributed by atoms with Crippen LogP contribution >= 0.6 is 11.6 Å². The van der Waals surface area contributed by atoms with E-state index < -0.39 is 23.6 Å². The van der Waals surface area contributed by atoms with E-state index in [1.807, 2.05) is 31.2 Å². The summed E-state index contributed by atoms with van der Waals surface area (Å²) >= 11 is 5.79. The lowest BCUT2D eigenvalue weighted by molar-refractivity contribution is -0.151. The summed E-state index contributed by atoms with van der Waals surface area (Å²) in [5.41, 5.74) is 3.40. The van der Waals surface area contributed by atoms with Gasteiger partial charge in [0.1, 0.15) is 11.7 Å². The first-order valence-electron chi connectivity index (χ1n) is 8.83. The Bertz CT molecular complexity index is 902. The molecule has 0 N–H and O–H groups in total. The van der Waals surface area contributed by atoms with Gasteiger partial charge in [0.05, 0.1) is 11.6 Å². The number of hydrogen-bond acceptors (Lipinski definition) is 3. The van der Waals surface area contributed by atoms with Crippen LogP contribution in [0, 0.1) is 18.7 Å². The zero-order valence-corrected chi connectivity index (χ0v) is 15.9. The Hall–Kier alpha value is -2.46. The van der Waals surface area contributed by atoms with E-state index in [9.17, 15) is 14.0 Å². The molecule has 0 amide bonds. The second-order valence-electron chi connectivity index (χ2n) is 6.65. The van der Waals surface area contributed by atoms with Gasteiger partial charge in [-0.2, -0.15) is 0 Å². The molecule has 0 bridgehead atoms. The zero-order chi connectivity index (χ0) is 19.6. The first kappa shape index (κ1) is 19.3. The summed E-state index contributed by atoms with van der Waals surface area (Å²) in [5, 5.41) is 0.00266. The number of carbonyl (C=O) groups excluding carboxylic acids is 2. The van der Waals surface area contributed by atoms with Gasteiger partial charge in [-0.25, -0.2) is 4.39 Å². The third-order valence-corrected chi connectivity index (χ3v) is 5.11. The van der Waals surface area contributed by atoms with Crippen molar-refractivity contribution in [1.82, 2.24) is 0 Å². The van der Waals surface area contributed by atoms with Crippen molar-refractivity contribution < 1.29 is 18.7 Å². The number of esters is 1. The monoisotopic (exact) mass is 386 g/mol. The number of carbonyl (C=O) groups is 2. The van der Waals surface area contributed by atoms with E-state index in [1.54, 1.807) is 13.0 Å². The van der Waals surface area contributed by atoms with Crippen LogP contribution in [0.25, 0.3) is 5.57 Å². The molecule has 3 rings (SSSR count). The Labute approximate surface area is 162 Å². The minimum atomic E-state index is -0.986. The van der Waals surface area contributed by atoms with Gasteiger partial charge in [-0.05, 0) is 55.2 Å². The van der Waals surface area contributed by atoms with Crippen LogP contribution in [-0.2, 0) is 14.3 Å². The lowest BCUT2D eigenvalue weighted by Crippen LogP contribution is -2.34. The van der Waals surface area contributed by atoms with Crippen molar-refractivity contribution >= 4 is 28.9 Å². The van der Waals surface area contributed by atoms with Crippen molar-refractivity contribution in [3.8, 4) is 0 Å². The fourth-order valence-corrected chi connectivity index (χ4v) is 3.53. The molecule has 27 heavy (non-hydrogen) atoms. The van der Waals surface area contributed by atoms with Gasteiger partial charge in [0.25, 0.3) is 0 Å². The number of hydrogen-bond donors (Lipinski definition) is 0. The Morgan fingerprint density at radius 1 is 1.22 bits per heavy atom. The normalized spacial score (nSPS) is 19.6. The molecule has 1 aliphatic rings. The van der Waals surface area contributed by atoms with Gasteiger partial charge in [-0.15, -0.1) is 0 Å². The number of rotatable bonds is 4. The molecular formula is C22H20ClFO3. The van der Waals surface area contributed by atoms with Crippen molar-refractivity contribution in [1.29, 1.82) is 0 Å². The van der Waals surface area contributed by atoms with E-state index in [1.165, 1.54) is 18.2 Å². The van der Waals surface area contributed by atoms with Crippen LogP contribution in [0.4, 0.5) is 4.39 Å². The van der Waals surface area contributed by atoms with Crippen molar-refractivity contribution in [3.05, 3.63) is 76.1 Å². The number of ether oxygens (including phenoxy) is 1. The maximum Gasteiger partial charge on any atom is 0.317 e. The quantitative estimate of drug-likeness (QED) is 0.542. The van der Waals surface area contributed by atoms with Crippen molar-refractivity contribution in [2.45, 2.75) is 26.2 Å². The highest BCUT2D eigenvalue weighted by Crippen LogP contribution is 2.41. The van der Waals surface area contributed by atoms with E-state index >= 15 is 0 Å². The molecule has 2 atom stereocenters. The fourth-order valence-electron chi connectivity index (χ4n) is 3.41. The van der Waals surface area contributed by atoms with Gasteiger partial charge in [0.15, 0.2) is 5.78 Å². The predicted molar refractivity (Wildman–Crippen MR) is 103 cm³/mol. The lowest BCUT2D eigenvalue weighted by atomic mass is 9.73. The highest BCUT2D eigenvalue weighted by molar-refractivity contribution is 6.30. The summed E-state index contributed by atoms with van der Waals surface area (Å²) in [5.74, 6) is -2.97. The Balaban J connectivity index is 2.04. The van der Waals surface area contributed by atoms with Gasteiger partial charge in [0, 0.05) is 5.92 Å². The number of allylic oxidation sites excluding steroid dienone is 2. The Morgan fingerprint density at radius 3 is 2.56 bits per heavy atom. The standard InChI is InChI=1S/C22H20ClFO3/c1-3-27-22(26)21-17(15-8-9-18(23)19(24)11-15)10-16(12-20(21)25)14-6-4-13(2)5-7-14/h4-9,11-12,17,21H,3,10H2,1-2H3/t17-,21+/m0/s1. The number of aryl methyl sites for hydroxylation is 1. The molecule has 0 heterocycles. The molecule has 0 spiro atoms. The average Bonchev–Trinajstić information content (AvgIpc) is 2.64. The third kappa shape index (κ3) is 4.11. The molecule has 0 aromatic heterocycles. The summed E-state index contributed by atoms with van der Waals surface area (Å²) in [4.78, 5) is 25.2. The molecule has 0 fully saturated rings. The van der Waals surface area contributed by atoms with E-state index in [4.69, 9.17) is 16.3 Å². The van der Waals surface area contributed by atoms with Crippen LogP contribution in [0.2, 0.25) is 5.02 Å². The number of halogens is 2. The molecular weight excluding hydrogens is 367 g/mol. The second kappa shape index (κ2) is 8.05. The summed E-state index contributed by atoms with van der Waals surface area (Å²) in [6.07, 6.45) is 1.94. The van der Waals surface area contributed by atoms with Crippen LogP contribution in [0.15, 0.2) is 48.5 Å². The highest BCUT2D eigenvalue weighted by atomic mass is 35.5. The van der Waals surface area contributed by atoms with Gasteiger partial charge < -0.3 is 4.74 Å². The lowest BCUT2D eigenvalue weighted by Gasteiger charge is -2.29. The molecule has 140 valence electrons. The maximum atomic E-state index is 14.0. The SMILES string of the molecule is CCOC(=O)[C@H]1C(=O)C=C(c2ccc(C)cc2)C[C@H]1c1ccc(Cl)c(F)c1. The van der Waals surface area contributed by atoms with Crippen molar-refractivity contribution in [2.24, 2.45) is 5.92 Å². The van der Waals surface area contributed by atoms with Gasteiger partial charge >= 0.3 is 5.97 Å². The van der Waals surface area contributed by atoms with E-state index in [-0.39, 0.29) is 17.4 Å².